The zero-order chi connectivity index (χ0) is 13.4. The second-order valence-corrected chi connectivity index (χ2v) is 3.64. The number of carbonyl (C=O) groups excluding carboxylic acids is 1. The van der Waals surface area contributed by atoms with Crippen molar-refractivity contribution in [1.82, 2.24) is 4.90 Å². The van der Waals surface area contributed by atoms with Crippen molar-refractivity contribution in [2.45, 2.75) is 18.9 Å². The van der Waals surface area contributed by atoms with E-state index in [-0.39, 0.29) is 12.5 Å². The van der Waals surface area contributed by atoms with E-state index >= 15 is 0 Å². The molecule has 0 saturated carbocycles. The lowest BCUT2D eigenvalue weighted by atomic mass is 10.1. The molecule has 0 spiro atoms. The average molecular weight is 245 g/mol. The molecule has 0 heterocycles. The highest BCUT2D eigenvalue weighted by Gasteiger charge is 2.19. The third kappa shape index (κ3) is 7.12. The largest absolute Gasteiger partial charge is 0.480 e. The van der Waals surface area contributed by atoms with Gasteiger partial charge < -0.3 is 27.2 Å². The fourth-order valence-electron chi connectivity index (χ4n) is 1.21. The number of amides is 1. The van der Waals surface area contributed by atoms with E-state index in [2.05, 4.69) is 4.99 Å². The van der Waals surface area contributed by atoms with Crippen LogP contribution < -0.4 is 17.2 Å². The smallest absolute Gasteiger partial charge is 0.323 e. The molecule has 1 amide bonds. The SMILES string of the molecule is CN(CC(=O)O)C(=O)[C@@H](N)CCCN=C(N)N. The molecule has 8 heteroatoms. The molecule has 1 atom stereocenters. The van der Waals surface area contributed by atoms with Gasteiger partial charge in [0.15, 0.2) is 5.96 Å². The molecule has 8 nitrogen and oxygen atoms in total. The van der Waals surface area contributed by atoms with Crippen LogP contribution in [0.1, 0.15) is 12.8 Å². The Morgan fingerprint density at radius 1 is 1.41 bits per heavy atom. The van der Waals surface area contributed by atoms with Crippen molar-refractivity contribution in [2.75, 3.05) is 20.1 Å². The minimum Gasteiger partial charge on any atom is -0.480 e. The van der Waals surface area contributed by atoms with Crippen molar-refractivity contribution in [1.29, 1.82) is 0 Å². The Kier molecular flexibility index (Phi) is 6.64. The Hall–Kier alpha value is -1.83. The van der Waals surface area contributed by atoms with Gasteiger partial charge in [0.25, 0.3) is 0 Å². The van der Waals surface area contributed by atoms with Crippen molar-refractivity contribution < 1.29 is 14.7 Å². The molecule has 0 unspecified atom stereocenters. The van der Waals surface area contributed by atoms with Gasteiger partial charge in [-0.25, -0.2) is 0 Å². The molecule has 7 N–H and O–H groups in total. The third-order valence-electron chi connectivity index (χ3n) is 2.03. The summed E-state index contributed by atoms with van der Waals surface area (Å²) in [7, 11) is 1.40. The van der Waals surface area contributed by atoms with E-state index in [1.807, 2.05) is 0 Å². The molecular weight excluding hydrogens is 226 g/mol. The number of rotatable bonds is 7. The van der Waals surface area contributed by atoms with Crippen molar-refractivity contribution in [3.8, 4) is 0 Å². The summed E-state index contributed by atoms with van der Waals surface area (Å²) in [6, 6.07) is -0.728. The average Bonchev–Trinajstić information content (AvgIpc) is 2.21. The van der Waals surface area contributed by atoms with Gasteiger partial charge in [0.05, 0.1) is 6.04 Å². The molecule has 0 radical (unpaired) electrons. The Bertz CT molecular complexity index is 301. The third-order valence-corrected chi connectivity index (χ3v) is 2.03. The van der Waals surface area contributed by atoms with Crippen LogP contribution >= 0.6 is 0 Å². The van der Waals surface area contributed by atoms with Crippen LogP contribution in [0.3, 0.4) is 0 Å². The number of carbonyl (C=O) groups is 2. The van der Waals surface area contributed by atoms with Crippen molar-refractivity contribution in [3.05, 3.63) is 0 Å². The summed E-state index contributed by atoms with van der Waals surface area (Å²) in [5, 5.41) is 8.51. The molecule has 98 valence electrons. The summed E-state index contributed by atoms with van der Waals surface area (Å²) in [6.07, 6.45) is 0.964. The van der Waals surface area contributed by atoms with Crippen LogP contribution in [0.4, 0.5) is 0 Å². The van der Waals surface area contributed by atoms with E-state index in [1.54, 1.807) is 0 Å². The van der Waals surface area contributed by atoms with Crippen LogP contribution in [0, 0.1) is 0 Å². The van der Waals surface area contributed by atoms with E-state index in [4.69, 9.17) is 22.3 Å². The highest BCUT2D eigenvalue weighted by molar-refractivity contribution is 5.84. The molecular formula is C9H19N5O3. The summed E-state index contributed by atoms with van der Waals surface area (Å²) in [5.41, 5.74) is 15.9. The summed E-state index contributed by atoms with van der Waals surface area (Å²) in [6.45, 7) is 0.0341. The number of carboxylic acid groups (broad SMARTS) is 1. The first-order valence-corrected chi connectivity index (χ1v) is 5.12. The van der Waals surface area contributed by atoms with Gasteiger partial charge in [0, 0.05) is 13.6 Å². The van der Waals surface area contributed by atoms with Gasteiger partial charge in [-0.15, -0.1) is 0 Å². The van der Waals surface area contributed by atoms with E-state index in [0.717, 1.165) is 4.90 Å². The van der Waals surface area contributed by atoms with Gasteiger partial charge in [-0.05, 0) is 12.8 Å². The predicted molar refractivity (Wildman–Crippen MR) is 63.2 cm³/mol. The molecule has 0 aliphatic carbocycles. The quantitative estimate of drug-likeness (QED) is 0.229. The predicted octanol–water partition coefficient (Wildman–Crippen LogP) is -2.09. The zero-order valence-corrected chi connectivity index (χ0v) is 9.80. The normalized spacial score (nSPS) is 11.6. The Labute approximate surface area is 99.5 Å². The van der Waals surface area contributed by atoms with Crippen LogP contribution in [0.2, 0.25) is 0 Å². The highest BCUT2D eigenvalue weighted by Crippen LogP contribution is 1.99. The minimum atomic E-state index is -1.08. The molecule has 0 fully saturated rings. The number of hydrogen-bond acceptors (Lipinski definition) is 4. The summed E-state index contributed by atoms with van der Waals surface area (Å²) in [5.74, 6) is -1.49. The minimum absolute atomic E-state index is 0.00658. The van der Waals surface area contributed by atoms with Crippen molar-refractivity contribution >= 4 is 17.8 Å². The Balaban J connectivity index is 3.97. The number of nitrogens with two attached hydrogens (primary N) is 3. The fraction of sp³-hybridized carbons (Fsp3) is 0.667. The van der Waals surface area contributed by atoms with Gasteiger partial charge >= 0.3 is 5.97 Å². The molecule has 17 heavy (non-hydrogen) atoms. The van der Waals surface area contributed by atoms with Gasteiger partial charge in [-0.2, -0.15) is 0 Å². The summed E-state index contributed by atoms with van der Waals surface area (Å²) in [4.78, 5) is 26.8. The Morgan fingerprint density at radius 2 is 2.00 bits per heavy atom. The van der Waals surface area contributed by atoms with Gasteiger partial charge in [0.1, 0.15) is 6.54 Å². The number of likely N-dealkylation sites (N-methyl/N-ethyl adjacent to an activating group) is 1. The van der Waals surface area contributed by atoms with Crippen LogP contribution in [0.15, 0.2) is 4.99 Å². The maximum absolute atomic E-state index is 11.6. The lowest BCUT2D eigenvalue weighted by molar-refractivity contribution is -0.144. The zero-order valence-electron chi connectivity index (χ0n) is 9.80. The highest BCUT2D eigenvalue weighted by atomic mass is 16.4. The summed E-state index contributed by atoms with van der Waals surface area (Å²) >= 11 is 0. The van der Waals surface area contributed by atoms with Crippen LogP contribution in [-0.4, -0.2) is 54.0 Å². The van der Waals surface area contributed by atoms with E-state index < -0.39 is 17.9 Å². The van der Waals surface area contributed by atoms with E-state index in [1.165, 1.54) is 7.05 Å². The van der Waals surface area contributed by atoms with Crippen LogP contribution in [0.5, 0.6) is 0 Å². The van der Waals surface area contributed by atoms with Gasteiger partial charge in [0.2, 0.25) is 5.91 Å². The fourth-order valence-corrected chi connectivity index (χ4v) is 1.21. The van der Waals surface area contributed by atoms with Crippen LogP contribution in [-0.2, 0) is 9.59 Å². The number of carboxylic acids is 1. The molecule has 0 rings (SSSR count). The number of aliphatic imine (C=N–C) groups is 1. The Morgan fingerprint density at radius 3 is 2.47 bits per heavy atom. The van der Waals surface area contributed by atoms with Crippen molar-refractivity contribution in [3.63, 3.8) is 0 Å². The first kappa shape index (κ1) is 15.2. The van der Waals surface area contributed by atoms with E-state index in [9.17, 15) is 9.59 Å². The molecule has 0 aromatic carbocycles. The molecule has 0 aromatic rings. The lowest BCUT2D eigenvalue weighted by Gasteiger charge is -2.19. The first-order valence-electron chi connectivity index (χ1n) is 5.12. The number of hydrogen-bond donors (Lipinski definition) is 4. The van der Waals surface area contributed by atoms with Gasteiger partial charge in [-0.1, -0.05) is 0 Å². The number of aliphatic carboxylic acids is 1. The first-order chi connectivity index (χ1) is 7.84. The molecule has 0 aliphatic rings. The van der Waals surface area contributed by atoms with Crippen molar-refractivity contribution in [2.24, 2.45) is 22.2 Å². The summed E-state index contributed by atoms with van der Waals surface area (Å²) < 4.78 is 0. The second kappa shape index (κ2) is 7.44. The monoisotopic (exact) mass is 245 g/mol. The number of guanidine groups is 1. The molecule has 0 aliphatic heterocycles. The van der Waals surface area contributed by atoms with E-state index in [0.29, 0.717) is 19.4 Å². The maximum atomic E-state index is 11.6. The molecule has 0 bridgehead atoms. The number of nitrogens with zero attached hydrogens (tertiary/aromatic N) is 2. The lowest BCUT2D eigenvalue weighted by Crippen LogP contribution is -2.43. The standard InChI is InChI=1S/C9H19N5O3/c1-14(5-7(15)16)8(17)6(10)3-2-4-13-9(11)12/h6H,2-5,10H2,1H3,(H,15,16)(H4,11,12,13)/t6-/m0/s1. The maximum Gasteiger partial charge on any atom is 0.323 e. The second-order valence-electron chi connectivity index (χ2n) is 3.64. The van der Waals surface area contributed by atoms with Crippen LogP contribution in [0.25, 0.3) is 0 Å². The van der Waals surface area contributed by atoms with Gasteiger partial charge in [-0.3, -0.25) is 14.6 Å². The molecule has 0 aromatic heterocycles. The topological polar surface area (TPSA) is 148 Å². The molecule has 0 saturated heterocycles.